The lowest BCUT2D eigenvalue weighted by Gasteiger charge is -2.07. The molecule has 1 N–H and O–H groups in total. The van der Waals surface area contributed by atoms with Gasteiger partial charge in [-0.05, 0) is 17.7 Å². The second-order valence-electron chi connectivity index (χ2n) is 3.90. The smallest absolute Gasteiger partial charge is 0.0947 e. The number of nitrogens with one attached hydrogen (secondary N) is 1. The van der Waals surface area contributed by atoms with E-state index in [1.807, 2.05) is 17.8 Å². The number of furan rings is 1. The van der Waals surface area contributed by atoms with Crippen LogP contribution in [0.1, 0.15) is 25.8 Å². The van der Waals surface area contributed by atoms with E-state index < -0.39 is 0 Å². The molecule has 2 nitrogen and oxygen atoms in total. The molecule has 0 aromatic carbocycles. The van der Waals surface area contributed by atoms with Gasteiger partial charge in [0.25, 0.3) is 0 Å². The first kappa shape index (κ1) is 12.7. The molecule has 0 saturated heterocycles. The molecule has 15 heavy (non-hydrogen) atoms. The van der Waals surface area contributed by atoms with Gasteiger partial charge in [0.05, 0.1) is 12.5 Å². The number of thioether (sulfide) groups is 1. The first-order valence-electron chi connectivity index (χ1n) is 5.62. The number of rotatable bonds is 8. The van der Waals surface area contributed by atoms with Crippen LogP contribution in [0.3, 0.4) is 0 Å². The Hall–Kier alpha value is -0.410. The van der Waals surface area contributed by atoms with E-state index in [-0.39, 0.29) is 0 Å². The summed E-state index contributed by atoms with van der Waals surface area (Å²) in [6.07, 6.45) is 4.80. The molecule has 86 valence electrons. The van der Waals surface area contributed by atoms with E-state index >= 15 is 0 Å². The lowest BCUT2D eigenvalue weighted by molar-refractivity contribution is 0.561. The van der Waals surface area contributed by atoms with Crippen molar-refractivity contribution in [1.82, 2.24) is 5.32 Å². The molecule has 0 aliphatic heterocycles. The van der Waals surface area contributed by atoms with Crippen molar-refractivity contribution in [2.24, 2.45) is 5.92 Å². The Balaban J connectivity index is 1.89. The Kier molecular flexibility index (Phi) is 6.60. The molecule has 0 fully saturated rings. The average Bonchev–Trinajstić information content (AvgIpc) is 2.75. The SMILES string of the molecule is CCC(C)CSCCNCc1ccoc1. The van der Waals surface area contributed by atoms with Crippen molar-refractivity contribution < 1.29 is 4.42 Å². The highest BCUT2D eigenvalue weighted by Crippen LogP contribution is 2.10. The van der Waals surface area contributed by atoms with Gasteiger partial charge in [-0.2, -0.15) is 11.8 Å². The van der Waals surface area contributed by atoms with Crippen LogP contribution >= 0.6 is 11.8 Å². The molecule has 1 aromatic rings. The second kappa shape index (κ2) is 7.83. The third-order valence-electron chi connectivity index (χ3n) is 2.43. The van der Waals surface area contributed by atoms with E-state index in [1.54, 1.807) is 12.5 Å². The third kappa shape index (κ3) is 5.90. The molecule has 3 heteroatoms. The Morgan fingerprint density at radius 1 is 1.53 bits per heavy atom. The average molecular weight is 227 g/mol. The highest BCUT2D eigenvalue weighted by Gasteiger charge is 1.98. The van der Waals surface area contributed by atoms with Crippen molar-refractivity contribution in [3.8, 4) is 0 Å². The lowest BCUT2D eigenvalue weighted by atomic mass is 10.2. The molecule has 1 atom stereocenters. The van der Waals surface area contributed by atoms with Gasteiger partial charge >= 0.3 is 0 Å². The summed E-state index contributed by atoms with van der Waals surface area (Å²) >= 11 is 2.04. The van der Waals surface area contributed by atoms with E-state index in [0.29, 0.717) is 0 Å². The molecule has 1 aromatic heterocycles. The largest absolute Gasteiger partial charge is 0.472 e. The van der Waals surface area contributed by atoms with Crippen LogP contribution in [0, 0.1) is 5.92 Å². The van der Waals surface area contributed by atoms with Crippen LogP contribution in [0.15, 0.2) is 23.0 Å². The fraction of sp³-hybridized carbons (Fsp3) is 0.667. The van der Waals surface area contributed by atoms with Gasteiger partial charge in [-0.1, -0.05) is 20.3 Å². The van der Waals surface area contributed by atoms with Crippen LogP contribution in [-0.2, 0) is 6.54 Å². The van der Waals surface area contributed by atoms with E-state index in [0.717, 1.165) is 19.0 Å². The van der Waals surface area contributed by atoms with Crippen molar-refractivity contribution in [2.45, 2.75) is 26.8 Å². The zero-order chi connectivity index (χ0) is 10.9. The Labute approximate surface area is 96.8 Å². The normalized spacial score (nSPS) is 12.9. The fourth-order valence-electron chi connectivity index (χ4n) is 1.17. The van der Waals surface area contributed by atoms with Crippen molar-refractivity contribution in [3.05, 3.63) is 24.2 Å². The molecular formula is C12H21NOS. The minimum Gasteiger partial charge on any atom is -0.472 e. The van der Waals surface area contributed by atoms with E-state index in [1.165, 1.54) is 23.5 Å². The van der Waals surface area contributed by atoms with Gasteiger partial charge in [0.15, 0.2) is 0 Å². The maximum Gasteiger partial charge on any atom is 0.0947 e. The molecule has 1 rings (SSSR count). The van der Waals surface area contributed by atoms with Gasteiger partial charge in [-0.15, -0.1) is 0 Å². The lowest BCUT2D eigenvalue weighted by Crippen LogP contribution is -2.16. The van der Waals surface area contributed by atoms with Gasteiger partial charge < -0.3 is 9.73 Å². The molecule has 0 aliphatic rings. The van der Waals surface area contributed by atoms with Crippen molar-refractivity contribution in [1.29, 1.82) is 0 Å². The van der Waals surface area contributed by atoms with Crippen LogP contribution in [0.4, 0.5) is 0 Å². The summed E-state index contributed by atoms with van der Waals surface area (Å²) in [7, 11) is 0. The molecule has 1 unspecified atom stereocenters. The topological polar surface area (TPSA) is 25.2 Å². The van der Waals surface area contributed by atoms with Crippen LogP contribution in [0.5, 0.6) is 0 Å². The zero-order valence-electron chi connectivity index (χ0n) is 9.66. The first-order chi connectivity index (χ1) is 7.33. The summed E-state index contributed by atoms with van der Waals surface area (Å²) in [6, 6.07) is 2.00. The summed E-state index contributed by atoms with van der Waals surface area (Å²) in [5.41, 5.74) is 1.22. The molecule has 0 radical (unpaired) electrons. The molecule has 0 bridgehead atoms. The number of hydrogen-bond acceptors (Lipinski definition) is 3. The van der Waals surface area contributed by atoms with E-state index in [2.05, 4.69) is 19.2 Å². The predicted molar refractivity (Wildman–Crippen MR) is 67.2 cm³/mol. The van der Waals surface area contributed by atoms with Gasteiger partial charge in [0, 0.05) is 24.4 Å². The highest BCUT2D eigenvalue weighted by atomic mass is 32.2. The molecule has 0 saturated carbocycles. The second-order valence-corrected chi connectivity index (χ2v) is 5.05. The van der Waals surface area contributed by atoms with Gasteiger partial charge in [-0.3, -0.25) is 0 Å². The zero-order valence-corrected chi connectivity index (χ0v) is 10.5. The maximum absolute atomic E-state index is 4.99. The Bertz CT molecular complexity index is 236. The van der Waals surface area contributed by atoms with Gasteiger partial charge in [0.1, 0.15) is 0 Å². The Morgan fingerprint density at radius 2 is 2.40 bits per heavy atom. The molecule has 0 amide bonds. The predicted octanol–water partition coefficient (Wildman–Crippen LogP) is 3.15. The van der Waals surface area contributed by atoms with E-state index in [9.17, 15) is 0 Å². The van der Waals surface area contributed by atoms with Crippen LogP contribution in [0.25, 0.3) is 0 Å². The standard InChI is InChI=1S/C12H21NOS/c1-3-11(2)10-15-7-5-13-8-12-4-6-14-9-12/h4,6,9,11,13H,3,5,7-8,10H2,1-2H3. The van der Waals surface area contributed by atoms with Crippen LogP contribution in [0.2, 0.25) is 0 Å². The monoisotopic (exact) mass is 227 g/mol. The fourth-order valence-corrected chi connectivity index (χ4v) is 2.27. The molecule has 1 heterocycles. The Morgan fingerprint density at radius 3 is 3.07 bits per heavy atom. The van der Waals surface area contributed by atoms with E-state index in [4.69, 9.17) is 4.42 Å². The summed E-state index contributed by atoms with van der Waals surface area (Å²) in [4.78, 5) is 0. The molecule has 0 aliphatic carbocycles. The van der Waals surface area contributed by atoms with Crippen molar-refractivity contribution >= 4 is 11.8 Å². The molecular weight excluding hydrogens is 206 g/mol. The quantitative estimate of drug-likeness (QED) is 0.691. The minimum absolute atomic E-state index is 0.851. The summed E-state index contributed by atoms with van der Waals surface area (Å²) in [6.45, 7) is 6.56. The van der Waals surface area contributed by atoms with Crippen LogP contribution < -0.4 is 5.32 Å². The third-order valence-corrected chi connectivity index (χ3v) is 3.73. The summed E-state index contributed by atoms with van der Waals surface area (Å²) in [5, 5.41) is 3.40. The van der Waals surface area contributed by atoms with Crippen LogP contribution in [-0.4, -0.2) is 18.1 Å². The number of hydrogen-bond donors (Lipinski definition) is 1. The van der Waals surface area contributed by atoms with Gasteiger partial charge in [0.2, 0.25) is 0 Å². The summed E-state index contributed by atoms with van der Waals surface area (Å²) in [5.74, 6) is 3.33. The minimum atomic E-state index is 0.851. The van der Waals surface area contributed by atoms with Crippen molar-refractivity contribution in [2.75, 3.05) is 18.1 Å². The maximum atomic E-state index is 4.99. The molecule has 0 spiro atoms. The highest BCUT2D eigenvalue weighted by molar-refractivity contribution is 7.99. The first-order valence-corrected chi connectivity index (χ1v) is 6.78. The summed E-state index contributed by atoms with van der Waals surface area (Å²) < 4.78 is 4.99. The van der Waals surface area contributed by atoms with Crippen molar-refractivity contribution in [3.63, 3.8) is 0 Å². The van der Waals surface area contributed by atoms with Gasteiger partial charge in [-0.25, -0.2) is 0 Å².